The van der Waals surface area contributed by atoms with Gasteiger partial charge in [0.15, 0.2) is 0 Å². The van der Waals surface area contributed by atoms with Crippen LogP contribution in [0.1, 0.15) is 62.6 Å². The standard InChI is InChI=1S/C22H27N3O/c1-15(2)19-6-5-7-20(16(3)4)22(19)24-13-12-21(26)25-18-10-8-17(14-23)9-11-18/h5-11,15-16,24H,12-13H2,1-4H3,(H,25,26). The van der Waals surface area contributed by atoms with Gasteiger partial charge in [0.2, 0.25) is 5.91 Å². The maximum absolute atomic E-state index is 12.2. The highest BCUT2D eigenvalue weighted by Crippen LogP contribution is 2.32. The fraction of sp³-hybridized carbons (Fsp3) is 0.364. The Labute approximate surface area is 156 Å². The minimum atomic E-state index is -0.0460. The molecule has 0 unspecified atom stereocenters. The molecule has 26 heavy (non-hydrogen) atoms. The lowest BCUT2D eigenvalue weighted by Crippen LogP contribution is -2.17. The smallest absolute Gasteiger partial charge is 0.226 e. The van der Waals surface area contributed by atoms with Gasteiger partial charge in [-0.3, -0.25) is 4.79 Å². The molecule has 0 aliphatic heterocycles. The Bertz CT molecular complexity index is 760. The van der Waals surface area contributed by atoms with Gasteiger partial charge in [0, 0.05) is 24.3 Å². The Morgan fingerprint density at radius 3 is 2.08 bits per heavy atom. The van der Waals surface area contributed by atoms with Crippen molar-refractivity contribution in [2.24, 2.45) is 0 Å². The Balaban J connectivity index is 1.98. The van der Waals surface area contributed by atoms with Gasteiger partial charge in [-0.25, -0.2) is 0 Å². The number of hydrogen-bond donors (Lipinski definition) is 2. The topological polar surface area (TPSA) is 64.9 Å². The van der Waals surface area contributed by atoms with Crippen LogP contribution in [0.15, 0.2) is 42.5 Å². The van der Waals surface area contributed by atoms with Gasteiger partial charge in [0.1, 0.15) is 0 Å². The molecule has 2 aromatic carbocycles. The van der Waals surface area contributed by atoms with Crippen LogP contribution in [-0.4, -0.2) is 12.5 Å². The molecule has 0 atom stereocenters. The summed E-state index contributed by atoms with van der Waals surface area (Å²) in [5.41, 5.74) is 5.01. The quantitative estimate of drug-likeness (QED) is 0.718. The third kappa shape index (κ3) is 5.10. The van der Waals surface area contributed by atoms with E-state index in [9.17, 15) is 4.79 Å². The zero-order valence-electron chi connectivity index (χ0n) is 16.0. The van der Waals surface area contributed by atoms with Gasteiger partial charge in [0.05, 0.1) is 11.6 Å². The van der Waals surface area contributed by atoms with E-state index in [0.29, 0.717) is 36.1 Å². The van der Waals surface area contributed by atoms with Gasteiger partial charge in [-0.15, -0.1) is 0 Å². The second-order valence-electron chi connectivity index (χ2n) is 7.03. The first kappa shape index (κ1) is 19.5. The number of carbonyl (C=O) groups is 1. The number of nitriles is 1. The van der Waals surface area contributed by atoms with E-state index in [4.69, 9.17) is 5.26 Å². The number of carbonyl (C=O) groups excluding carboxylic acids is 1. The fourth-order valence-corrected chi connectivity index (χ4v) is 2.91. The van der Waals surface area contributed by atoms with Crippen molar-refractivity contribution in [3.63, 3.8) is 0 Å². The van der Waals surface area contributed by atoms with Crippen LogP contribution in [-0.2, 0) is 4.79 Å². The summed E-state index contributed by atoms with van der Waals surface area (Å²) in [4.78, 5) is 12.2. The first-order valence-electron chi connectivity index (χ1n) is 9.09. The summed E-state index contributed by atoms with van der Waals surface area (Å²) in [6, 6.07) is 15.3. The van der Waals surface area contributed by atoms with Gasteiger partial charge < -0.3 is 10.6 Å². The third-order valence-corrected chi connectivity index (χ3v) is 4.32. The monoisotopic (exact) mass is 349 g/mol. The van der Waals surface area contributed by atoms with Gasteiger partial charge in [-0.1, -0.05) is 45.9 Å². The van der Waals surface area contributed by atoms with E-state index < -0.39 is 0 Å². The predicted molar refractivity (Wildman–Crippen MR) is 108 cm³/mol. The predicted octanol–water partition coefficient (Wildman–Crippen LogP) is 5.25. The van der Waals surface area contributed by atoms with Crippen LogP contribution < -0.4 is 10.6 Å². The van der Waals surface area contributed by atoms with Gasteiger partial charge >= 0.3 is 0 Å². The molecular formula is C22H27N3O. The Kier molecular flexibility index (Phi) is 6.80. The number of nitrogens with zero attached hydrogens (tertiary/aromatic N) is 1. The molecule has 0 fully saturated rings. The highest BCUT2D eigenvalue weighted by molar-refractivity contribution is 5.91. The van der Waals surface area contributed by atoms with Crippen LogP contribution in [0.4, 0.5) is 11.4 Å². The van der Waals surface area contributed by atoms with E-state index in [-0.39, 0.29) is 5.91 Å². The molecule has 0 saturated carbocycles. The SMILES string of the molecule is CC(C)c1cccc(C(C)C)c1NCCC(=O)Nc1ccc(C#N)cc1. The number of rotatable bonds is 7. The molecule has 0 heterocycles. The molecule has 4 heteroatoms. The molecule has 0 aromatic heterocycles. The van der Waals surface area contributed by atoms with Crippen LogP contribution in [0.2, 0.25) is 0 Å². The highest BCUT2D eigenvalue weighted by atomic mass is 16.1. The van der Waals surface area contributed by atoms with Crippen molar-refractivity contribution >= 4 is 17.3 Å². The zero-order valence-corrected chi connectivity index (χ0v) is 16.0. The summed E-state index contributed by atoms with van der Waals surface area (Å²) in [5, 5.41) is 15.2. The Morgan fingerprint density at radius 1 is 1.00 bits per heavy atom. The molecule has 0 spiro atoms. The summed E-state index contributed by atoms with van der Waals surface area (Å²) in [7, 11) is 0. The van der Waals surface area contributed by atoms with Crippen LogP contribution in [0.5, 0.6) is 0 Å². The van der Waals surface area contributed by atoms with Gasteiger partial charge in [-0.05, 0) is 47.2 Å². The van der Waals surface area contributed by atoms with Crippen LogP contribution in [0, 0.1) is 11.3 Å². The van der Waals surface area contributed by atoms with Crippen LogP contribution in [0.3, 0.4) is 0 Å². The van der Waals surface area contributed by atoms with Crippen molar-refractivity contribution in [1.82, 2.24) is 0 Å². The molecule has 2 N–H and O–H groups in total. The van der Waals surface area contributed by atoms with Gasteiger partial charge in [-0.2, -0.15) is 5.26 Å². The molecule has 2 aromatic rings. The molecule has 1 amide bonds. The maximum Gasteiger partial charge on any atom is 0.226 e. The molecule has 2 rings (SSSR count). The summed E-state index contributed by atoms with van der Waals surface area (Å²) in [5.74, 6) is 0.794. The number of anilines is 2. The van der Waals surface area contributed by atoms with Crippen molar-refractivity contribution in [1.29, 1.82) is 5.26 Å². The first-order chi connectivity index (χ1) is 12.4. The minimum Gasteiger partial charge on any atom is -0.384 e. The average Bonchev–Trinajstić information content (AvgIpc) is 2.62. The normalized spacial score (nSPS) is 10.7. The molecule has 0 radical (unpaired) electrons. The number of nitrogens with one attached hydrogen (secondary N) is 2. The molecule has 0 aliphatic rings. The number of hydrogen-bond acceptors (Lipinski definition) is 3. The summed E-state index contributed by atoms with van der Waals surface area (Å²) in [6.45, 7) is 9.31. The van der Waals surface area contributed by atoms with E-state index in [1.165, 1.54) is 11.1 Å². The maximum atomic E-state index is 12.2. The minimum absolute atomic E-state index is 0.0460. The second-order valence-corrected chi connectivity index (χ2v) is 7.03. The number of benzene rings is 2. The molecule has 0 bridgehead atoms. The summed E-state index contributed by atoms with van der Waals surface area (Å²) < 4.78 is 0. The molecule has 136 valence electrons. The lowest BCUT2D eigenvalue weighted by Gasteiger charge is -2.20. The Morgan fingerprint density at radius 2 is 1.58 bits per heavy atom. The van der Waals surface area contributed by atoms with E-state index in [2.05, 4.69) is 62.6 Å². The molecule has 4 nitrogen and oxygen atoms in total. The number of para-hydroxylation sites is 1. The lowest BCUT2D eigenvalue weighted by atomic mass is 9.92. The van der Waals surface area contributed by atoms with Crippen LogP contribution in [0.25, 0.3) is 0 Å². The largest absolute Gasteiger partial charge is 0.384 e. The van der Waals surface area contributed by atoms with Crippen molar-refractivity contribution in [3.05, 3.63) is 59.2 Å². The zero-order chi connectivity index (χ0) is 19.1. The van der Waals surface area contributed by atoms with E-state index >= 15 is 0 Å². The van der Waals surface area contributed by atoms with E-state index in [0.717, 1.165) is 5.69 Å². The third-order valence-electron chi connectivity index (χ3n) is 4.32. The van der Waals surface area contributed by atoms with Crippen molar-refractivity contribution in [2.45, 2.75) is 46.0 Å². The van der Waals surface area contributed by atoms with E-state index in [1.54, 1.807) is 24.3 Å². The summed E-state index contributed by atoms with van der Waals surface area (Å²) >= 11 is 0. The second kappa shape index (κ2) is 9.05. The highest BCUT2D eigenvalue weighted by Gasteiger charge is 2.13. The van der Waals surface area contributed by atoms with Gasteiger partial charge in [0.25, 0.3) is 0 Å². The molecule has 0 aliphatic carbocycles. The fourth-order valence-electron chi connectivity index (χ4n) is 2.91. The average molecular weight is 349 g/mol. The molecular weight excluding hydrogens is 322 g/mol. The number of amides is 1. The van der Waals surface area contributed by atoms with Crippen molar-refractivity contribution < 1.29 is 4.79 Å². The van der Waals surface area contributed by atoms with Crippen molar-refractivity contribution in [2.75, 3.05) is 17.2 Å². The van der Waals surface area contributed by atoms with Crippen LogP contribution >= 0.6 is 0 Å². The summed E-state index contributed by atoms with van der Waals surface area (Å²) in [6.07, 6.45) is 0.379. The van der Waals surface area contributed by atoms with E-state index in [1.807, 2.05) is 0 Å². The first-order valence-corrected chi connectivity index (χ1v) is 9.09. The Hall–Kier alpha value is -2.80. The lowest BCUT2D eigenvalue weighted by molar-refractivity contribution is -0.115. The van der Waals surface area contributed by atoms with Crippen molar-refractivity contribution in [3.8, 4) is 6.07 Å². The molecule has 0 saturated heterocycles.